The van der Waals surface area contributed by atoms with E-state index in [1.54, 1.807) is 11.7 Å². The topological polar surface area (TPSA) is 77.8 Å². The van der Waals surface area contributed by atoms with E-state index in [2.05, 4.69) is 15.1 Å². The first-order chi connectivity index (χ1) is 7.35. The minimum atomic E-state index is 0.152. The lowest BCUT2D eigenvalue weighted by Gasteiger charge is -2.03. The van der Waals surface area contributed by atoms with Crippen LogP contribution in [-0.4, -0.2) is 21.7 Å². The molecule has 0 amide bonds. The normalized spacial score (nSPS) is 12.9. The quantitative estimate of drug-likeness (QED) is 0.854. The monoisotopic (exact) mass is 224 g/mol. The van der Waals surface area contributed by atoms with Crippen LogP contribution >= 0.6 is 11.3 Å². The van der Waals surface area contributed by atoms with Gasteiger partial charge in [0.05, 0.1) is 16.3 Å². The zero-order valence-corrected chi connectivity index (χ0v) is 9.20. The summed E-state index contributed by atoms with van der Waals surface area (Å²) < 4.78 is 5.17. The highest BCUT2D eigenvalue weighted by Gasteiger charge is 2.16. The van der Waals surface area contributed by atoms with E-state index in [0.29, 0.717) is 18.3 Å². The van der Waals surface area contributed by atoms with Crippen molar-refractivity contribution in [2.45, 2.75) is 19.3 Å². The zero-order valence-electron chi connectivity index (χ0n) is 8.38. The Morgan fingerprint density at radius 1 is 1.60 bits per heavy atom. The van der Waals surface area contributed by atoms with Crippen molar-refractivity contribution in [1.29, 1.82) is 0 Å². The van der Waals surface area contributed by atoms with Crippen LogP contribution in [0, 0.1) is 0 Å². The molecular weight excluding hydrogens is 212 g/mol. The van der Waals surface area contributed by atoms with Crippen molar-refractivity contribution in [3.8, 4) is 10.7 Å². The number of rotatable bonds is 4. The van der Waals surface area contributed by atoms with Gasteiger partial charge in [0.25, 0.3) is 0 Å². The Morgan fingerprint density at radius 3 is 3.07 bits per heavy atom. The highest BCUT2D eigenvalue weighted by atomic mass is 32.1. The highest BCUT2D eigenvalue weighted by molar-refractivity contribution is 7.13. The summed E-state index contributed by atoms with van der Waals surface area (Å²) in [6.07, 6.45) is 2.63. The van der Waals surface area contributed by atoms with Crippen LogP contribution in [-0.2, 0) is 0 Å². The zero-order chi connectivity index (χ0) is 10.7. The predicted molar refractivity (Wildman–Crippen MR) is 57.5 cm³/mol. The van der Waals surface area contributed by atoms with Crippen molar-refractivity contribution >= 4 is 11.3 Å². The first kappa shape index (κ1) is 10.3. The molecule has 0 aliphatic carbocycles. The van der Waals surface area contributed by atoms with Crippen LogP contribution in [0.2, 0.25) is 0 Å². The number of nitrogens with two attached hydrogens (primary N) is 1. The lowest BCUT2D eigenvalue weighted by atomic mass is 10.1. The number of aromatic nitrogens is 3. The van der Waals surface area contributed by atoms with Gasteiger partial charge in [-0.2, -0.15) is 4.98 Å². The van der Waals surface area contributed by atoms with Gasteiger partial charge in [-0.25, -0.2) is 0 Å². The summed E-state index contributed by atoms with van der Waals surface area (Å²) in [5.74, 6) is 1.36. The SMILES string of the molecule is CCC(CN)c1nc(-c2cncs2)no1. The maximum Gasteiger partial charge on any atom is 0.231 e. The molecule has 0 bridgehead atoms. The molecule has 15 heavy (non-hydrogen) atoms. The molecule has 1 unspecified atom stereocenters. The second-order valence-electron chi connectivity index (χ2n) is 3.16. The van der Waals surface area contributed by atoms with Crippen LogP contribution < -0.4 is 5.73 Å². The number of thiazole rings is 1. The van der Waals surface area contributed by atoms with E-state index in [9.17, 15) is 0 Å². The molecule has 0 spiro atoms. The van der Waals surface area contributed by atoms with Crippen LogP contribution in [0.15, 0.2) is 16.2 Å². The highest BCUT2D eigenvalue weighted by Crippen LogP contribution is 2.23. The van der Waals surface area contributed by atoms with E-state index in [1.165, 1.54) is 11.3 Å². The van der Waals surface area contributed by atoms with Gasteiger partial charge in [-0.3, -0.25) is 4.98 Å². The van der Waals surface area contributed by atoms with Gasteiger partial charge in [-0.05, 0) is 6.42 Å². The molecule has 2 N–H and O–H groups in total. The second-order valence-corrected chi connectivity index (χ2v) is 4.05. The van der Waals surface area contributed by atoms with E-state index in [-0.39, 0.29) is 5.92 Å². The Hall–Kier alpha value is -1.27. The summed E-state index contributed by atoms with van der Waals surface area (Å²) in [4.78, 5) is 9.19. The van der Waals surface area contributed by atoms with Gasteiger partial charge in [0.1, 0.15) is 0 Å². The Bertz CT molecular complexity index is 407. The molecule has 0 saturated carbocycles. The molecular formula is C9H12N4OS. The smallest absolute Gasteiger partial charge is 0.231 e. The summed E-state index contributed by atoms with van der Waals surface area (Å²) in [7, 11) is 0. The largest absolute Gasteiger partial charge is 0.339 e. The number of hydrogen-bond donors (Lipinski definition) is 1. The van der Waals surface area contributed by atoms with Crippen LogP contribution in [0.4, 0.5) is 0 Å². The summed E-state index contributed by atoms with van der Waals surface area (Å²) in [6.45, 7) is 2.58. The lowest BCUT2D eigenvalue weighted by Crippen LogP contribution is -2.11. The Kier molecular flexibility index (Phi) is 3.08. The van der Waals surface area contributed by atoms with E-state index >= 15 is 0 Å². The molecule has 6 heteroatoms. The third-order valence-corrected chi connectivity index (χ3v) is 2.99. The van der Waals surface area contributed by atoms with Gasteiger partial charge in [0.2, 0.25) is 11.7 Å². The Balaban J connectivity index is 2.24. The second kappa shape index (κ2) is 4.50. The van der Waals surface area contributed by atoms with Crippen LogP contribution in [0.1, 0.15) is 25.2 Å². The third-order valence-electron chi connectivity index (χ3n) is 2.22. The van der Waals surface area contributed by atoms with Gasteiger partial charge < -0.3 is 10.3 Å². The molecule has 2 aromatic heterocycles. The third kappa shape index (κ3) is 2.05. The fraction of sp³-hybridized carbons (Fsp3) is 0.444. The van der Waals surface area contributed by atoms with Gasteiger partial charge >= 0.3 is 0 Å². The molecule has 2 rings (SSSR count). The van der Waals surface area contributed by atoms with E-state index in [0.717, 1.165) is 11.3 Å². The van der Waals surface area contributed by atoms with Gasteiger partial charge in [0.15, 0.2) is 0 Å². The average Bonchev–Trinajstić information content (AvgIpc) is 2.89. The molecule has 5 nitrogen and oxygen atoms in total. The molecule has 0 saturated heterocycles. The molecule has 0 aliphatic heterocycles. The predicted octanol–water partition coefficient (Wildman–Crippen LogP) is 1.65. The standard InChI is InChI=1S/C9H12N4OS/c1-2-6(3-10)9-12-8(13-14-9)7-4-11-5-15-7/h4-6H,2-3,10H2,1H3. The summed E-state index contributed by atoms with van der Waals surface area (Å²) >= 11 is 1.49. The summed E-state index contributed by atoms with van der Waals surface area (Å²) in [5.41, 5.74) is 7.35. The molecule has 2 heterocycles. The average molecular weight is 224 g/mol. The molecule has 0 radical (unpaired) electrons. The van der Waals surface area contributed by atoms with Gasteiger partial charge in [0, 0.05) is 12.7 Å². The Morgan fingerprint density at radius 2 is 2.47 bits per heavy atom. The van der Waals surface area contributed by atoms with Crippen LogP contribution in [0.3, 0.4) is 0 Å². The maximum absolute atomic E-state index is 5.61. The van der Waals surface area contributed by atoms with E-state index in [1.807, 2.05) is 6.92 Å². The van der Waals surface area contributed by atoms with Crippen molar-refractivity contribution in [2.24, 2.45) is 5.73 Å². The van der Waals surface area contributed by atoms with E-state index in [4.69, 9.17) is 10.3 Å². The minimum absolute atomic E-state index is 0.152. The molecule has 80 valence electrons. The van der Waals surface area contributed by atoms with Crippen molar-refractivity contribution < 1.29 is 4.52 Å². The molecule has 0 fully saturated rings. The van der Waals surface area contributed by atoms with Gasteiger partial charge in [-0.15, -0.1) is 11.3 Å². The van der Waals surface area contributed by atoms with Crippen molar-refractivity contribution in [3.63, 3.8) is 0 Å². The van der Waals surface area contributed by atoms with E-state index < -0.39 is 0 Å². The van der Waals surface area contributed by atoms with Crippen molar-refractivity contribution in [3.05, 3.63) is 17.6 Å². The van der Waals surface area contributed by atoms with Crippen molar-refractivity contribution in [2.75, 3.05) is 6.54 Å². The summed E-state index contributed by atoms with van der Waals surface area (Å²) in [5, 5.41) is 3.90. The van der Waals surface area contributed by atoms with Crippen molar-refractivity contribution in [1.82, 2.24) is 15.1 Å². The summed E-state index contributed by atoms with van der Waals surface area (Å²) in [6, 6.07) is 0. The number of nitrogens with zero attached hydrogens (tertiary/aromatic N) is 3. The maximum atomic E-state index is 5.61. The van der Waals surface area contributed by atoms with Crippen LogP contribution in [0.5, 0.6) is 0 Å². The molecule has 0 aliphatic rings. The first-order valence-electron chi connectivity index (χ1n) is 4.77. The fourth-order valence-corrected chi connectivity index (χ4v) is 1.81. The lowest BCUT2D eigenvalue weighted by molar-refractivity contribution is 0.352. The van der Waals surface area contributed by atoms with Gasteiger partial charge in [-0.1, -0.05) is 12.1 Å². The Labute approximate surface area is 91.3 Å². The molecule has 1 atom stereocenters. The first-order valence-corrected chi connectivity index (χ1v) is 5.65. The van der Waals surface area contributed by atoms with Crippen LogP contribution in [0.25, 0.3) is 10.7 Å². The molecule has 2 aromatic rings. The molecule has 0 aromatic carbocycles. The minimum Gasteiger partial charge on any atom is -0.339 e. The number of hydrogen-bond acceptors (Lipinski definition) is 6. The fourth-order valence-electron chi connectivity index (χ4n) is 1.27.